The van der Waals surface area contributed by atoms with Crippen molar-refractivity contribution in [2.75, 3.05) is 0 Å². The minimum Gasteiger partial charge on any atom is -0.285 e. The number of halogens is 1. The monoisotopic (exact) mass is 229 g/mol. The lowest BCUT2D eigenvalue weighted by Gasteiger charge is -2.06. The number of aromatic amines is 1. The normalized spacial score (nSPS) is 11.2. The van der Waals surface area contributed by atoms with Gasteiger partial charge in [0.1, 0.15) is 5.65 Å². The SMILES string of the molecule is Cc1c[nH]nc1-c1[c]c2nccn2c(F)c1C. The Labute approximate surface area is 97.1 Å². The van der Waals surface area contributed by atoms with E-state index in [9.17, 15) is 4.39 Å². The first-order chi connectivity index (χ1) is 8.18. The third-order valence-corrected chi connectivity index (χ3v) is 2.84. The maximum absolute atomic E-state index is 14.1. The number of hydrogen-bond acceptors (Lipinski definition) is 2. The molecule has 0 spiro atoms. The molecule has 0 fully saturated rings. The molecular formula is C12H10FN4. The van der Waals surface area contributed by atoms with Crippen LogP contribution in [0.15, 0.2) is 18.6 Å². The first kappa shape index (κ1) is 10.0. The van der Waals surface area contributed by atoms with Gasteiger partial charge in [-0.25, -0.2) is 4.98 Å². The predicted molar refractivity (Wildman–Crippen MR) is 61.0 cm³/mol. The van der Waals surface area contributed by atoms with Gasteiger partial charge in [0.15, 0.2) is 0 Å². The van der Waals surface area contributed by atoms with E-state index >= 15 is 0 Å². The van der Waals surface area contributed by atoms with Gasteiger partial charge in [-0.1, -0.05) is 0 Å². The van der Waals surface area contributed by atoms with E-state index in [-0.39, 0.29) is 5.95 Å². The second-order valence-corrected chi connectivity index (χ2v) is 3.95. The number of aromatic nitrogens is 4. The van der Waals surface area contributed by atoms with E-state index in [0.29, 0.717) is 22.5 Å². The molecule has 0 bridgehead atoms. The molecule has 0 saturated carbocycles. The standard InChI is InChI=1S/C12H10FN4/c1-7-6-15-16-11(7)9-5-10-14-3-4-17(10)12(13)8(9)2/h3-4,6H,1-2H3,(H,15,16). The largest absolute Gasteiger partial charge is 0.285 e. The Kier molecular flexibility index (Phi) is 2.01. The summed E-state index contributed by atoms with van der Waals surface area (Å²) in [6.07, 6.45) is 4.90. The molecule has 0 atom stereocenters. The molecule has 4 nitrogen and oxygen atoms in total. The van der Waals surface area contributed by atoms with Crippen LogP contribution in [0, 0.1) is 25.9 Å². The minimum absolute atomic E-state index is 0.325. The fourth-order valence-corrected chi connectivity index (χ4v) is 1.88. The molecule has 85 valence electrons. The van der Waals surface area contributed by atoms with Crippen molar-refractivity contribution >= 4 is 5.65 Å². The van der Waals surface area contributed by atoms with Gasteiger partial charge in [-0.05, 0) is 19.4 Å². The van der Waals surface area contributed by atoms with Crippen LogP contribution in [0.5, 0.6) is 0 Å². The van der Waals surface area contributed by atoms with Gasteiger partial charge in [-0.15, -0.1) is 0 Å². The Morgan fingerprint density at radius 1 is 1.41 bits per heavy atom. The fourth-order valence-electron chi connectivity index (χ4n) is 1.88. The van der Waals surface area contributed by atoms with Crippen molar-refractivity contribution in [3.63, 3.8) is 0 Å². The molecule has 0 aliphatic heterocycles. The van der Waals surface area contributed by atoms with Crippen LogP contribution < -0.4 is 0 Å². The van der Waals surface area contributed by atoms with Gasteiger partial charge in [0.05, 0.1) is 5.69 Å². The molecule has 3 rings (SSSR count). The summed E-state index contributed by atoms with van der Waals surface area (Å²) in [5, 5.41) is 6.88. The predicted octanol–water partition coefficient (Wildman–Crippen LogP) is 2.28. The number of nitrogens with zero attached hydrogens (tertiary/aromatic N) is 3. The summed E-state index contributed by atoms with van der Waals surface area (Å²) >= 11 is 0. The zero-order valence-electron chi connectivity index (χ0n) is 9.45. The lowest BCUT2D eigenvalue weighted by molar-refractivity contribution is 0.559. The van der Waals surface area contributed by atoms with E-state index in [1.165, 1.54) is 4.40 Å². The average Bonchev–Trinajstić information content (AvgIpc) is 2.92. The molecule has 1 radical (unpaired) electrons. The Balaban J connectivity index is 2.37. The molecule has 17 heavy (non-hydrogen) atoms. The van der Waals surface area contributed by atoms with Crippen molar-refractivity contribution in [2.24, 2.45) is 0 Å². The molecule has 0 saturated heterocycles. The van der Waals surface area contributed by atoms with Gasteiger partial charge in [0.2, 0.25) is 5.95 Å². The number of fused-ring (bicyclic) bond motifs is 1. The molecule has 3 heterocycles. The summed E-state index contributed by atoms with van der Waals surface area (Å²) < 4.78 is 15.5. The third-order valence-electron chi connectivity index (χ3n) is 2.84. The highest BCUT2D eigenvalue weighted by atomic mass is 19.1. The Morgan fingerprint density at radius 3 is 2.94 bits per heavy atom. The van der Waals surface area contributed by atoms with Gasteiger partial charge < -0.3 is 0 Å². The molecule has 0 amide bonds. The van der Waals surface area contributed by atoms with E-state index in [1.807, 2.05) is 6.92 Å². The zero-order valence-corrected chi connectivity index (χ0v) is 9.45. The second kappa shape index (κ2) is 3.41. The average molecular weight is 229 g/mol. The molecule has 5 heteroatoms. The van der Waals surface area contributed by atoms with Crippen LogP contribution in [0.1, 0.15) is 11.1 Å². The van der Waals surface area contributed by atoms with Crippen LogP contribution in [0.2, 0.25) is 0 Å². The molecule has 3 aromatic heterocycles. The highest BCUT2D eigenvalue weighted by Crippen LogP contribution is 2.26. The lowest BCUT2D eigenvalue weighted by atomic mass is 10.1. The van der Waals surface area contributed by atoms with Crippen molar-refractivity contribution in [2.45, 2.75) is 13.8 Å². The third kappa shape index (κ3) is 1.35. The summed E-state index contributed by atoms with van der Waals surface area (Å²) in [6, 6.07) is 3.09. The van der Waals surface area contributed by atoms with Gasteiger partial charge in [-0.3, -0.25) is 9.50 Å². The van der Waals surface area contributed by atoms with Crippen molar-refractivity contribution in [1.82, 2.24) is 19.6 Å². The van der Waals surface area contributed by atoms with E-state index < -0.39 is 0 Å². The van der Waals surface area contributed by atoms with Crippen LogP contribution in [0.4, 0.5) is 4.39 Å². The summed E-state index contributed by atoms with van der Waals surface area (Å²) in [5.74, 6) is -0.325. The van der Waals surface area contributed by atoms with Gasteiger partial charge >= 0.3 is 0 Å². The number of aryl methyl sites for hydroxylation is 1. The maximum Gasteiger partial charge on any atom is 0.203 e. The Morgan fingerprint density at radius 2 is 2.24 bits per heavy atom. The highest BCUT2D eigenvalue weighted by Gasteiger charge is 2.15. The number of nitrogens with one attached hydrogen (secondary N) is 1. The molecule has 0 unspecified atom stereocenters. The Bertz CT molecular complexity index is 696. The van der Waals surface area contributed by atoms with Crippen LogP contribution in [-0.2, 0) is 0 Å². The molecule has 0 aromatic carbocycles. The summed E-state index contributed by atoms with van der Waals surface area (Å²) in [4.78, 5) is 4.05. The van der Waals surface area contributed by atoms with Crippen LogP contribution in [0.25, 0.3) is 16.9 Å². The smallest absolute Gasteiger partial charge is 0.203 e. The summed E-state index contributed by atoms with van der Waals surface area (Å²) in [5.41, 5.74) is 3.31. The van der Waals surface area contributed by atoms with Crippen molar-refractivity contribution in [1.29, 1.82) is 0 Å². The quantitative estimate of drug-likeness (QED) is 0.651. The molecule has 0 aliphatic carbocycles. The molecular weight excluding hydrogens is 219 g/mol. The zero-order chi connectivity index (χ0) is 12.0. The topological polar surface area (TPSA) is 46.0 Å². The molecule has 1 N–H and O–H groups in total. The first-order valence-electron chi connectivity index (χ1n) is 5.23. The highest BCUT2D eigenvalue weighted by molar-refractivity contribution is 5.69. The van der Waals surface area contributed by atoms with Crippen LogP contribution in [-0.4, -0.2) is 19.6 Å². The van der Waals surface area contributed by atoms with Crippen molar-refractivity contribution < 1.29 is 4.39 Å². The molecule has 0 aliphatic rings. The summed E-state index contributed by atoms with van der Waals surface area (Å²) in [7, 11) is 0. The number of pyridine rings is 1. The van der Waals surface area contributed by atoms with E-state index in [1.54, 1.807) is 25.5 Å². The molecule has 3 aromatic rings. The van der Waals surface area contributed by atoms with Crippen LogP contribution in [0.3, 0.4) is 0 Å². The van der Waals surface area contributed by atoms with E-state index in [4.69, 9.17) is 0 Å². The van der Waals surface area contributed by atoms with Gasteiger partial charge in [-0.2, -0.15) is 9.49 Å². The van der Waals surface area contributed by atoms with Gasteiger partial charge in [0.25, 0.3) is 0 Å². The fraction of sp³-hybridized carbons (Fsp3) is 0.167. The first-order valence-corrected chi connectivity index (χ1v) is 5.23. The van der Waals surface area contributed by atoms with E-state index in [0.717, 1.165) is 5.56 Å². The Hall–Kier alpha value is -2.17. The number of imidazole rings is 1. The number of H-pyrrole nitrogens is 1. The van der Waals surface area contributed by atoms with Gasteiger partial charge in [0, 0.05) is 35.8 Å². The summed E-state index contributed by atoms with van der Waals surface area (Å²) in [6.45, 7) is 3.63. The second-order valence-electron chi connectivity index (χ2n) is 3.95. The number of rotatable bonds is 1. The van der Waals surface area contributed by atoms with Crippen LogP contribution >= 0.6 is 0 Å². The lowest BCUT2D eigenvalue weighted by Crippen LogP contribution is -1.99. The number of hydrogen-bond donors (Lipinski definition) is 1. The van der Waals surface area contributed by atoms with Crippen molar-refractivity contribution in [3.05, 3.63) is 41.7 Å². The van der Waals surface area contributed by atoms with E-state index in [2.05, 4.69) is 21.2 Å². The van der Waals surface area contributed by atoms with Crippen molar-refractivity contribution in [3.8, 4) is 11.3 Å². The maximum atomic E-state index is 14.1. The minimum atomic E-state index is -0.325.